The van der Waals surface area contributed by atoms with Crippen molar-refractivity contribution in [3.05, 3.63) is 0 Å². The van der Waals surface area contributed by atoms with Crippen molar-refractivity contribution < 1.29 is 24.0 Å². The molecule has 1 spiro atoms. The number of Topliss-reactive ketones (excluding diaryl/α,β-unsaturated/α-hetero) is 1. The summed E-state index contributed by atoms with van der Waals surface area (Å²) in [4.78, 5) is 24.3. The molecule has 4 saturated heterocycles. The minimum absolute atomic E-state index is 0.0365. The third-order valence-corrected chi connectivity index (χ3v) is 7.34. The van der Waals surface area contributed by atoms with E-state index >= 15 is 0 Å². The molecule has 0 N–H and O–H groups in total. The summed E-state index contributed by atoms with van der Waals surface area (Å²) in [7, 11) is 0. The van der Waals surface area contributed by atoms with Gasteiger partial charge >= 0.3 is 0 Å². The molecule has 1 aliphatic carbocycles. The molecular formula is C20H32O5. The monoisotopic (exact) mass is 352 g/mol. The van der Waals surface area contributed by atoms with E-state index in [1.54, 1.807) is 0 Å². The van der Waals surface area contributed by atoms with Gasteiger partial charge in [-0.1, -0.05) is 27.7 Å². The van der Waals surface area contributed by atoms with Crippen LogP contribution in [0.5, 0.6) is 0 Å². The van der Waals surface area contributed by atoms with Crippen LogP contribution < -0.4 is 0 Å². The van der Waals surface area contributed by atoms with Crippen molar-refractivity contribution in [2.75, 3.05) is 0 Å². The number of hydrogen-bond acceptors (Lipinski definition) is 5. The summed E-state index contributed by atoms with van der Waals surface area (Å²) >= 11 is 0. The molecule has 1 saturated carbocycles. The molecule has 0 aromatic rings. The maximum Gasteiger partial charge on any atom is 0.201 e. The highest BCUT2D eigenvalue weighted by atomic mass is 17.3. The number of ketones is 1. The molecule has 0 amide bonds. The summed E-state index contributed by atoms with van der Waals surface area (Å²) in [6, 6.07) is 0. The van der Waals surface area contributed by atoms with Crippen molar-refractivity contribution in [1.82, 2.24) is 0 Å². The van der Waals surface area contributed by atoms with Crippen LogP contribution >= 0.6 is 0 Å². The first-order valence-electron chi connectivity index (χ1n) is 9.99. The average molecular weight is 352 g/mol. The van der Waals surface area contributed by atoms with Crippen molar-refractivity contribution in [2.24, 2.45) is 29.6 Å². The number of hydrogen-bond donors (Lipinski definition) is 0. The highest BCUT2D eigenvalue weighted by Crippen LogP contribution is 2.60. The summed E-state index contributed by atoms with van der Waals surface area (Å²) < 4.78 is 12.7. The quantitative estimate of drug-likeness (QED) is 0.722. The summed E-state index contributed by atoms with van der Waals surface area (Å²) in [6.45, 7) is 10.4. The van der Waals surface area contributed by atoms with Gasteiger partial charge in [0.2, 0.25) is 5.79 Å². The third kappa shape index (κ3) is 2.61. The predicted octanol–water partition coefficient (Wildman–Crippen LogP) is 3.85. The van der Waals surface area contributed by atoms with Crippen LogP contribution in [0.3, 0.4) is 0 Å². The van der Waals surface area contributed by atoms with Gasteiger partial charge in [0.1, 0.15) is 5.78 Å². The predicted molar refractivity (Wildman–Crippen MR) is 91.3 cm³/mol. The Morgan fingerprint density at radius 2 is 1.88 bits per heavy atom. The van der Waals surface area contributed by atoms with Gasteiger partial charge in [-0.15, -0.1) is 0 Å². The van der Waals surface area contributed by atoms with Gasteiger partial charge in [0, 0.05) is 24.7 Å². The SMILES string of the molecule is CC(C)C(=O)CC1O[C@@H]2OC3(C)CC[C@H]4[C@H](C)CC[C@@H]([C@H]1C)[C@@]24OO3. The van der Waals surface area contributed by atoms with Gasteiger partial charge in [-0.25, -0.2) is 9.78 Å². The van der Waals surface area contributed by atoms with E-state index in [9.17, 15) is 4.79 Å². The van der Waals surface area contributed by atoms with Crippen molar-refractivity contribution in [3.63, 3.8) is 0 Å². The molecule has 0 aromatic carbocycles. The topological polar surface area (TPSA) is 54.0 Å². The standard InChI is InChI=1S/C20H32O5/c1-11(2)16(21)10-17-13(4)15-7-6-12(3)14-8-9-19(5)23-18(22-17)20(14,15)25-24-19/h11-15,17-18H,6-10H2,1-5H3/t12-,13-,14+,15+,17?,18-,19?,20-/m1/s1. The van der Waals surface area contributed by atoms with Crippen LogP contribution in [0.1, 0.15) is 66.7 Å². The molecule has 2 bridgehead atoms. The minimum Gasteiger partial charge on any atom is -0.345 e. The normalized spacial score (nSPS) is 51.9. The van der Waals surface area contributed by atoms with E-state index in [4.69, 9.17) is 19.2 Å². The number of ether oxygens (including phenoxy) is 2. The molecule has 0 aromatic heterocycles. The molecule has 5 heteroatoms. The molecule has 5 fully saturated rings. The molecular weight excluding hydrogens is 320 g/mol. The molecule has 5 rings (SSSR count). The van der Waals surface area contributed by atoms with Crippen LogP contribution in [0.2, 0.25) is 0 Å². The fourth-order valence-corrected chi connectivity index (χ4v) is 5.65. The molecule has 4 aliphatic heterocycles. The van der Waals surface area contributed by atoms with Gasteiger partial charge in [0.25, 0.3) is 0 Å². The fourth-order valence-electron chi connectivity index (χ4n) is 5.65. The first-order valence-corrected chi connectivity index (χ1v) is 9.99. The van der Waals surface area contributed by atoms with Gasteiger partial charge in [-0.05, 0) is 43.9 Å². The van der Waals surface area contributed by atoms with Crippen LogP contribution in [0, 0.1) is 29.6 Å². The molecule has 8 atom stereocenters. The van der Waals surface area contributed by atoms with Crippen LogP contribution in [0.15, 0.2) is 0 Å². The molecule has 5 nitrogen and oxygen atoms in total. The van der Waals surface area contributed by atoms with E-state index < -0.39 is 17.7 Å². The lowest BCUT2D eigenvalue weighted by Crippen LogP contribution is -2.70. The lowest BCUT2D eigenvalue weighted by atomic mass is 9.57. The Labute approximate surface area is 150 Å². The number of rotatable bonds is 3. The Morgan fingerprint density at radius 1 is 1.12 bits per heavy atom. The summed E-state index contributed by atoms with van der Waals surface area (Å²) in [5, 5.41) is 0. The zero-order valence-corrected chi connectivity index (χ0v) is 16.1. The third-order valence-electron chi connectivity index (χ3n) is 7.34. The Kier molecular flexibility index (Phi) is 4.31. The van der Waals surface area contributed by atoms with E-state index in [1.807, 2.05) is 20.8 Å². The average Bonchev–Trinajstić information content (AvgIpc) is 2.78. The van der Waals surface area contributed by atoms with Crippen molar-refractivity contribution in [3.8, 4) is 0 Å². The van der Waals surface area contributed by atoms with Crippen molar-refractivity contribution in [1.29, 1.82) is 0 Å². The largest absolute Gasteiger partial charge is 0.345 e. The second kappa shape index (κ2) is 6.01. The highest BCUT2D eigenvalue weighted by molar-refractivity contribution is 5.80. The van der Waals surface area contributed by atoms with Crippen LogP contribution in [0.25, 0.3) is 0 Å². The first-order chi connectivity index (χ1) is 11.8. The van der Waals surface area contributed by atoms with Crippen molar-refractivity contribution >= 4 is 5.78 Å². The maximum absolute atomic E-state index is 12.4. The summed E-state index contributed by atoms with van der Waals surface area (Å²) in [5.41, 5.74) is -0.523. The summed E-state index contributed by atoms with van der Waals surface area (Å²) in [5.74, 6) is 1.06. The van der Waals surface area contributed by atoms with E-state index in [1.165, 1.54) is 6.42 Å². The van der Waals surface area contributed by atoms with E-state index in [-0.39, 0.29) is 23.7 Å². The van der Waals surface area contributed by atoms with E-state index in [0.29, 0.717) is 24.2 Å². The highest BCUT2D eigenvalue weighted by Gasteiger charge is 2.69. The Hall–Kier alpha value is -0.490. The Morgan fingerprint density at radius 3 is 2.60 bits per heavy atom. The molecule has 142 valence electrons. The summed E-state index contributed by atoms with van der Waals surface area (Å²) in [6.07, 6.45) is 4.05. The lowest BCUT2D eigenvalue weighted by molar-refractivity contribution is -0.570. The van der Waals surface area contributed by atoms with Gasteiger partial charge < -0.3 is 9.47 Å². The van der Waals surface area contributed by atoms with E-state index in [0.717, 1.165) is 19.3 Å². The smallest absolute Gasteiger partial charge is 0.201 e. The Balaban J connectivity index is 1.68. The number of carbonyl (C=O) groups is 1. The first kappa shape index (κ1) is 17.9. The molecule has 25 heavy (non-hydrogen) atoms. The second-order valence-corrected chi connectivity index (χ2v) is 9.27. The van der Waals surface area contributed by atoms with Gasteiger partial charge in [0.15, 0.2) is 11.9 Å². The molecule has 0 radical (unpaired) electrons. The lowest BCUT2D eigenvalue weighted by Gasteiger charge is -2.60. The van der Waals surface area contributed by atoms with Crippen molar-refractivity contribution in [2.45, 2.75) is 90.5 Å². The molecule has 4 heterocycles. The van der Waals surface area contributed by atoms with Gasteiger partial charge in [-0.2, -0.15) is 0 Å². The molecule has 2 unspecified atom stereocenters. The van der Waals surface area contributed by atoms with Crippen LogP contribution in [-0.4, -0.2) is 29.6 Å². The van der Waals surface area contributed by atoms with E-state index in [2.05, 4.69) is 13.8 Å². The van der Waals surface area contributed by atoms with Gasteiger partial charge in [0.05, 0.1) is 6.10 Å². The van der Waals surface area contributed by atoms with Gasteiger partial charge in [-0.3, -0.25) is 4.79 Å². The number of carbonyl (C=O) groups excluding carboxylic acids is 1. The number of fused-ring (bicyclic) bond motifs is 2. The maximum atomic E-state index is 12.4. The fraction of sp³-hybridized carbons (Fsp3) is 0.950. The molecule has 5 aliphatic rings. The minimum atomic E-state index is -0.745. The van der Waals surface area contributed by atoms with Crippen LogP contribution in [0.4, 0.5) is 0 Å². The zero-order chi connectivity index (χ0) is 18.0. The zero-order valence-electron chi connectivity index (χ0n) is 16.1. The second-order valence-electron chi connectivity index (χ2n) is 9.27. The van der Waals surface area contributed by atoms with Crippen LogP contribution in [-0.2, 0) is 24.0 Å². The Bertz CT molecular complexity index is 548.